The van der Waals surface area contributed by atoms with Gasteiger partial charge >= 0.3 is 0 Å². The lowest BCUT2D eigenvalue weighted by Crippen LogP contribution is -2.06. The van der Waals surface area contributed by atoms with Crippen LogP contribution < -0.4 is 10.5 Å². The van der Waals surface area contributed by atoms with Crippen molar-refractivity contribution >= 4 is 28.1 Å². The molecule has 3 rings (SSSR count). The van der Waals surface area contributed by atoms with E-state index in [1.165, 1.54) is 11.3 Å². The van der Waals surface area contributed by atoms with Crippen LogP contribution in [0.3, 0.4) is 0 Å². The lowest BCUT2D eigenvalue weighted by atomic mass is 10.1. The van der Waals surface area contributed by atoms with Crippen molar-refractivity contribution in [1.82, 2.24) is 10.2 Å². The fourth-order valence-corrected chi connectivity index (χ4v) is 2.21. The van der Waals surface area contributed by atoms with Crippen LogP contribution in [0.15, 0.2) is 24.3 Å². The second-order valence-electron chi connectivity index (χ2n) is 3.44. The average molecular weight is 231 g/mol. The van der Waals surface area contributed by atoms with E-state index in [0.717, 1.165) is 21.9 Å². The van der Waals surface area contributed by atoms with Crippen LogP contribution in [-0.4, -0.2) is 16.8 Å². The molecule has 1 aromatic carbocycles. The molecule has 4 nitrogen and oxygen atoms in total. The molecule has 0 atom stereocenters. The van der Waals surface area contributed by atoms with E-state index >= 15 is 0 Å². The Labute approximate surface area is 96.4 Å². The SMILES string of the molecule is Nc1nnc(C2=Cc3ccccc3OC2)s1. The Morgan fingerprint density at radius 3 is 2.94 bits per heavy atom. The number of ether oxygens (including phenoxy) is 1. The Balaban J connectivity index is 2.03. The van der Waals surface area contributed by atoms with E-state index in [-0.39, 0.29) is 0 Å². The van der Waals surface area contributed by atoms with Gasteiger partial charge in [-0.25, -0.2) is 0 Å². The molecule has 1 aliphatic rings. The number of aromatic nitrogens is 2. The van der Waals surface area contributed by atoms with E-state index in [4.69, 9.17) is 10.5 Å². The number of nitrogen functional groups attached to an aromatic ring is 1. The molecular formula is C11H9N3OS. The molecule has 0 radical (unpaired) electrons. The van der Waals surface area contributed by atoms with Gasteiger partial charge in [0, 0.05) is 11.1 Å². The van der Waals surface area contributed by atoms with Crippen LogP contribution in [-0.2, 0) is 0 Å². The van der Waals surface area contributed by atoms with Gasteiger partial charge in [-0.1, -0.05) is 29.5 Å². The molecular weight excluding hydrogens is 222 g/mol. The van der Waals surface area contributed by atoms with Crippen LogP contribution in [0.1, 0.15) is 10.6 Å². The molecule has 2 heterocycles. The fraction of sp³-hybridized carbons (Fsp3) is 0.0909. The average Bonchev–Trinajstić information content (AvgIpc) is 2.75. The maximum atomic E-state index is 5.63. The molecule has 0 unspecified atom stereocenters. The van der Waals surface area contributed by atoms with Gasteiger partial charge < -0.3 is 10.5 Å². The first-order chi connectivity index (χ1) is 7.83. The van der Waals surface area contributed by atoms with E-state index in [2.05, 4.69) is 16.3 Å². The van der Waals surface area contributed by atoms with Crippen molar-refractivity contribution in [2.24, 2.45) is 0 Å². The number of nitrogens with zero attached hydrogens (tertiary/aromatic N) is 2. The van der Waals surface area contributed by atoms with E-state index < -0.39 is 0 Å². The van der Waals surface area contributed by atoms with Gasteiger partial charge in [0.05, 0.1) is 0 Å². The second-order valence-corrected chi connectivity index (χ2v) is 4.45. The summed E-state index contributed by atoms with van der Waals surface area (Å²) in [5, 5.41) is 9.11. The summed E-state index contributed by atoms with van der Waals surface area (Å²) in [5.41, 5.74) is 7.65. The van der Waals surface area contributed by atoms with Gasteiger partial charge in [0.2, 0.25) is 5.13 Å². The van der Waals surface area contributed by atoms with Gasteiger partial charge in [-0.2, -0.15) is 0 Å². The van der Waals surface area contributed by atoms with Gasteiger partial charge in [-0.3, -0.25) is 0 Å². The van der Waals surface area contributed by atoms with Crippen molar-refractivity contribution in [3.05, 3.63) is 34.8 Å². The lowest BCUT2D eigenvalue weighted by molar-refractivity contribution is 0.365. The molecule has 1 aromatic heterocycles. The quantitative estimate of drug-likeness (QED) is 0.816. The molecule has 0 bridgehead atoms. The third-order valence-electron chi connectivity index (χ3n) is 2.35. The predicted octanol–water partition coefficient (Wildman–Crippen LogP) is 2.05. The molecule has 0 fully saturated rings. The first-order valence-corrected chi connectivity index (χ1v) is 5.66. The van der Waals surface area contributed by atoms with Crippen LogP contribution >= 0.6 is 11.3 Å². The summed E-state index contributed by atoms with van der Waals surface area (Å²) in [6.45, 7) is 0.519. The molecule has 5 heteroatoms. The summed E-state index contributed by atoms with van der Waals surface area (Å²) < 4.78 is 5.63. The highest BCUT2D eigenvalue weighted by molar-refractivity contribution is 7.16. The first kappa shape index (κ1) is 9.35. The number of rotatable bonds is 1. The topological polar surface area (TPSA) is 61.0 Å². The lowest BCUT2D eigenvalue weighted by Gasteiger charge is -2.15. The number of fused-ring (bicyclic) bond motifs is 1. The summed E-state index contributed by atoms with van der Waals surface area (Å²) in [6, 6.07) is 7.91. The van der Waals surface area contributed by atoms with Crippen LogP contribution in [0, 0.1) is 0 Å². The van der Waals surface area contributed by atoms with Crippen molar-refractivity contribution in [2.45, 2.75) is 0 Å². The first-order valence-electron chi connectivity index (χ1n) is 4.85. The van der Waals surface area contributed by atoms with Crippen LogP contribution in [0.5, 0.6) is 5.75 Å². The van der Waals surface area contributed by atoms with Gasteiger partial charge in [-0.05, 0) is 12.1 Å². The van der Waals surface area contributed by atoms with Gasteiger partial charge in [-0.15, -0.1) is 10.2 Å². The normalized spacial score (nSPS) is 13.9. The number of para-hydroxylation sites is 1. The molecule has 0 amide bonds. The minimum atomic E-state index is 0.481. The molecule has 0 aliphatic carbocycles. The molecule has 16 heavy (non-hydrogen) atoms. The Morgan fingerprint density at radius 2 is 2.12 bits per heavy atom. The van der Waals surface area contributed by atoms with Crippen LogP contribution in [0.2, 0.25) is 0 Å². The summed E-state index contributed by atoms with van der Waals surface area (Å²) in [4.78, 5) is 0. The Morgan fingerprint density at radius 1 is 1.25 bits per heavy atom. The zero-order chi connectivity index (χ0) is 11.0. The highest BCUT2D eigenvalue weighted by Crippen LogP contribution is 2.31. The summed E-state index contributed by atoms with van der Waals surface area (Å²) >= 11 is 1.38. The molecule has 2 aromatic rings. The van der Waals surface area contributed by atoms with Gasteiger partial charge in [0.25, 0.3) is 0 Å². The van der Waals surface area contributed by atoms with Crippen molar-refractivity contribution in [2.75, 3.05) is 12.3 Å². The van der Waals surface area contributed by atoms with Crippen LogP contribution in [0.4, 0.5) is 5.13 Å². The third kappa shape index (κ3) is 1.55. The van der Waals surface area contributed by atoms with E-state index in [9.17, 15) is 0 Å². The van der Waals surface area contributed by atoms with E-state index in [1.54, 1.807) is 0 Å². The maximum absolute atomic E-state index is 5.63. The minimum absolute atomic E-state index is 0.481. The van der Waals surface area contributed by atoms with Crippen molar-refractivity contribution in [3.63, 3.8) is 0 Å². The monoisotopic (exact) mass is 231 g/mol. The third-order valence-corrected chi connectivity index (χ3v) is 3.18. The zero-order valence-corrected chi connectivity index (χ0v) is 9.20. The van der Waals surface area contributed by atoms with E-state index in [0.29, 0.717) is 11.7 Å². The van der Waals surface area contributed by atoms with Crippen molar-refractivity contribution in [1.29, 1.82) is 0 Å². The summed E-state index contributed by atoms with van der Waals surface area (Å²) in [6.07, 6.45) is 2.07. The Bertz CT molecular complexity index is 562. The zero-order valence-electron chi connectivity index (χ0n) is 8.38. The minimum Gasteiger partial charge on any atom is -0.488 e. The molecule has 0 saturated carbocycles. The fourth-order valence-electron chi connectivity index (χ4n) is 1.60. The Kier molecular flexibility index (Phi) is 2.11. The van der Waals surface area contributed by atoms with Crippen molar-refractivity contribution < 1.29 is 4.74 Å². The predicted molar refractivity (Wildman–Crippen MR) is 64.1 cm³/mol. The standard InChI is InChI=1S/C11H9N3OS/c12-11-14-13-10(16-11)8-5-7-3-1-2-4-9(7)15-6-8/h1-5H,6H2,(H2,12,14). The number of nitrogens with two attached hydrogens (primary N) is 1. The second kappa shape index (κ2) is 3.61. The number of hydrogen-bond donors (Lipinski definition) is 1. The molecule has 0 saturated heterocycles. The van der Waals surface area contributed by atoms with Gasteiger partial charge in [0.1, 0.15) is 17.4 Å². The Hall–Kier alpha value is -1.88. The summed E-state index contributed by atoms with van der Waals surface area (Å²) in [5.74, 6) is 0.906. The summed E-state index contributed by atoms with van der Waals surface area (Å²) in [7, 11) is 0. The molecule has 1 aliphatic heterocycles. The van der Waals surface area contributed by atoms with Crippen molar-refractivity contribution in [3.8, 4) is 5.75 Å². The van der Waals surface area contributed by atoms with E-state index in [1.807, 2.05) is 24.3 Å². The molecule has 80 valence electrons. The largest absolute Gasteiger partial charge is 0.488 e. The molecule has 0 spiro atoms. The number of hydrogen-bond acceptors (Lipinski definition) is 5. The maximum Gasteiger partial charge on any atom is 0.203 e. The highest BCUT2D eigenvalue weighted by atomic mass is 32.1. The van der Waals surface area contributed by atoms with Gasteiger partial charge in [0.15, 0.2) is 0 Å². The number of anilines is 1. The smallest absolute Gasteiger partial charge is 0.203 e. The highest BCUT2D eigenvalue weighted by Gasteiger charge is 2.15. The van der Waals surface area contributed by atoms with Crippen LogP contribution in [0.25, 0.3) is 11.6 Å². The number of benzene rings is 1. The molecule has 2 N–H and O–H groups in total.